The number of thioether (sulfide) groups is 2. The molecular weight excluding hydrogens is 212 g/mol. The highest BCUT2D eigenvalue weighted by Gasteiger charge is 2.00. The minimum absolute atomic E-state index is 0.386. The van der Waals surface area contributed by atoms with Crippen molar-refractivity contribution >= 4 is 28.6 Å². The van der Waals surface area contributed by atoms with Gasteiger partial charge in [0.2, 0.25) is 0 Å². The molecule has 0 aliphatic heterocycles. The molecular formula is C11H22OS2. The Morgan fingerprint density at radius 1 is 1.07 bits per heavy atom. The summed E-state index contributed by atoms with van der Waals surface area (Å²) in [5.41, 5.74) is 0. The average Bonchev–Trinajstić information content (AvgIpc) is 2.20. The largest absolute Gasteiger partial charge is 0.287 e. The van der Waals surface area contributed by atoms with Crippen molar-refractivity contribution in [2.75, 3.05) is 17.8 Å². The van der Waals surface area contributed by atoms with Crippen molar-refractivity contribution in [3.63, 3.8) is 0 Å². The highest BCUT2D eigenvalue weighted by molar-refractivity contribution is 8.13. The Balaban J connectivity index is 3.07. The molecule has 0 aliphatic rings. The molecule has 0 amide bonds. The van der Waals surface area contributed by atoms with Crippen LogP contribution in [0.2, 0.25) is 0 Å². The van der Waals surface area contributed by atoms with Gasteiger partial charge in [-0.2, -0.15) is 11.8 Å². The molecule has 0 aromatic rings. The first kappa shape index (κ1) is 14.4. The summed E-state index contributed by atoms with van der Waals surface area (Å²) >= 11 is 3.43. The first-order valence-electron chi connectivity index (χ1n) is 5.45. The second-order valence-electron chi connectivity index (χ2n) is 3.38. The van der Waals surface area contributed by atoms with Crippen molar-refractivity contribution in [3.8, 4) is 0 Å². The van der Waals surface area contributed by atoms with Crippen molar-refractivity contribution in [1.29, 1.82) is 0 Å². The van der Waals surface area contributed by atoms with Crippen molar-refractivity contribution in [2.45, 2.75) is 45.4 Å². The van der Waals surface area contributed by atoms with E-state index >= 15 is 0 Å². The van der Waals surface area contributed by atoms with E-state index in [-0.39, 0.29) is 0 Å². The molecule has 0 aromatic carbocycles. The highest BCUT2D eigenvalue weighted by atomic mass is 32.2. The van der Waals surface area contributed by atoms with Crippen LogP contribution in [0.25, 0.3) is 0 Å². The Hall–Kier alpha value is 0.370. The minimum Gasteiger partial charge on any atom is -0.287 e. The van der Waals surface area contributed by atoms with Crippen LogP contribution in [0, 0.1) is 0 Å². The lowest BCUT2D eigenvalue weighted by atomic mass is 10.3. The maximum absolute atomic E-state index is 11.2. The average molecular weight is 234 g/mol. The van der Waals surface area contributed by atoms with E-state index in [4.69, 9.17) is 0 Å². The molecule has 0 fully saturated rings. The third-order valence-corrected chi connectivity index (χ3v) is 3.71. The van der Waals surface area contributed by atoms with E-state index in [9.17, 15) is 4.79 Å². The van der Waals surface area contributed by atoms with Gasteiger partial charge in [-0.05, 0) is 31.3 Å². The SMILES string of the molecule is CCCCC(=O)SCCCCCSC. The van der Waals surface area contributed by atoms with Crippen LogP contribution in [0.1, 0.15) is 45.4 Å². The summed E-state index contributed by atoms with van der Waals surface area (Å²) in [6.07, 6.45) is 8.86. The standard InChI is InChI=1S/C11H22OS2/c1-3-4-8-11(12)14-10-7-5-6-9-13-2/h3-10H2,1-2H3. The van der Waals surface area contributed by atoms with Gasteiger partial charge in [0.1, 0.15) is 0 Å². The van der Waals surface area contributed by atoms with Gasteiger partial charge in [0.15, 0.2) is 5.12 Å². The number of hydrogen-bond donors (Lipinski definition) is 0. The molecule has 0 bridgehead atoms. The van der Waals surface area contributed by atoms with Gasteiger partial charge < -0.3 is 0 Å². The van der Waals surface area contributed by atoms with Gasteiger partial charge in [-0.3, -0.25) is 4.79 Å². The fourth-order valence-electron chi connectivity index (χ4n) is 1.10. The van der Waals surface area contributed by atoms with Crippen molar-refractivity contribution in [3.05, 3.63) is 0 Å². The van der Waals surface area contributed by atoms with Crippen molar-refractivity contribution in [2.24, 2.45) is 0 Å². The van der Waals surface area contributed by atoms with Crippen molar-refractivity contribution < 1.29 is 4.79 Å². The summed E-state index contributed by atoms with van der Waals surface area (Å²) in [4.78, 5) is 11.2. The minimum atomic E-state index is 0.386. The van der Waals surface area contributed by atoms with E-state index < -0.39 is 0 Å². The molecule has 0 radical (unpaired) electrons. The smallest absolute Gasteiger partial charge is 0.188 e. The topological polar surface area (TPSA) is 17.1 Å². The summed E-state index contributed by atoms with van der Waals surface area (Å²) in [6, 6.07) is 0. The Morgan fingerprint density at radius 3 is 2.43 bits per heavy atom. The van der Waals surface area contributed by atoms with E-state index in [1.54, 1.807) is 0 Å². The number of unbranched alkanes of at least 4 members (excludes halogenated alkanes) is 3. The molecule has 0 saturated heterocycles. The monoisotopic (exact) mass is 234 g/mol. The molecule has 84 valence electrons. The van der Waals surface area contributed by atoms with Crippen LogP contribution < -0.4 is 0 Å². The summed E-state index contributed by atoms with van der Waals surface area (Å²) in [7, 11) is 0. The summed E-state index contributed by atoms with van der Waals surface area (Å²) < 4.78 is 0. The van der Waals surface area contributed by atoms with Gasteiger partial charge in [-0.15, -0.1) is 0 Å². The van der Waals surface area contributed by atoms with E-state index in [1.807, 2.05) is 11.8 Å². The molecule has 3 heteroatoms. The van der Waals surface area contributed by atoms with Crippen LogP contribution in [-0.4, -0.2) is 22.9 Å². The third-order valence-electron chi connectivity index (χ3n) is 1.99. The zero-order valence-corrected chi connectivity index (χ0v) is 11.0. The Morgan fingerprint density at radius 2 is 1.79 bits per heavy atom. The molecule has 0 heterocycles. The second kappa shape index (κ2) is 11.4. The van der Waals surface area contributed by atoms with Crippen LogP contribution in [0.3, 0.4) is 0 Å². The summed E-state index contributed by atoms with van der Waals surface area (Å²) in [5, 5.41) is 0.386. The Labute approximate surface area is 96.8 Å². The van der Waals surface area contributed by atoms with Crippen LogP contribution in [0.4, 0.5) is 0 Å². The first-order chi connectivity index (χ1) is 6.81. The van der Waals surface area contributed by atoms with Crippen molar-refractivity contribution in [1.82, 2.24) is 0 Å². The zero-order chi connectivity index (χ0) is 10.6. The lowest BCUT2D eigenvalue weighted by Gasteiger charge is -2.00. The second-order valence-corrected chi connectivity index (χ2v) is 5.52. The van der Waals surface area contributed by atoms with Gasteiger partial charge in [0, 0.05) is 12.2 Å². The van der Waals surface area contributed by atoms with E-state index in [1.165, 1.54) is 36.8 Å². The predicted octanol–water partition coefficient (Wildman–Crippen LogP) is 3.97. The zero-order valence-electron chi connectivity index (χ0n) is 9.38. The van der Waals surface area contributed by atoms with Gasteiger partial charge >= 0.3 is 0 Å². The normalized spacial score (nSPS) is 10.4. The molecule has 0 spiro atoms. The number of carbonyl (C=O) groups is 1. The molecule has 1 nitrogen and oxygen atoms in total. The summed E-state index contributed by atoms with van der Waals surface area (Å²) in [6.45, 7) is 2.13. The molecule has 0 saturated carbocycles. The van der Waals surface area contributed by atoms with Gasteiger partial charge in [0.25, 0.3) is 0 Å². The lowest BCUT2D eigenvalue weighted by Crippen LogP contribution is -1.93. The quantitative estimate of drug-likeness (QED) is 0.562. The van der Waals surface area contributed by atoms with Crippen LogP contribution in [0.5, 0.6) is 0 Å². The first-order valence-corrected chi connectivity index (χ1v) is 7.83. The van der Waals surface area contributed by atoms with E-state index in [2.05, 4.69) is 13.2 Å². The van der Waals surface area contributed by atoms with Crippen LogP contribution in [0.15, 0.2) is 0 Å². The lowest BCUT2D eigenvalue weighted by molar-refractivity contribution is -0.111. The molecule has 0 aromatic heterocycles. The molecule has 0 rings (SSSR count). The number of rotatable bonds is 9. The Bertz CT molecular complexity index is 137. The fourth-order valence-corrected chi connectivity index (χ4v) is 2.46. The predicted molar refractivity (Wildman–Crippen MR) is 69.2 cm³/mol. The highest BCUT2D eigenvalue weighted by Crippen LogP contribution is 2.12. The van der Waals surface area contributed by atoms with Crippen LogP contribution in [-0.2, 0) is 4.79 Å². The van der Waals surface area contributed by atoms with Gasteiger partial charge in [-0.1, -0.05) is 31.5 Å². The molecule has 14 heavy (non-hydrogen) atoms. The fraction of sp³-hybridized carbons (Fsp3) is 0.909. The van der Waals surface area contributed by atoms with Crippen LogP contribution >= 0.6 is 23.5 Å². The number of hydrogen-bond acceptors (Lipinski definition) is 3. The van der Waals surface area contributed by atoms with E-state index in [0.29, 0.717) is 5.12 Å². The maximum atomic E-state index is 11.2. The van der Waals surface area contributed by atoms with E-state index in [0.717, 1.165) is 25.0 Å². The molecule has 0 atom stereocenters. The molecule has 0 N–H and O–H groups in total. The molecule has 0 aliphatic carbocycles. The summed E-state index contributed by atoms with van der Waals surface area (Å²) in [5.74, 6) is 2.28. The van der Waals surface area contributed by atoms with Gasteiger partial charge in [0.05, 0.1) is 0 Å². The molecule has 0 unspecified atom stereocenters. The Kier molecular flexibility index (Phi) is 11.7. The van der Waals surface area contributed by atoms with Gasteiger partial charge in [-0.25, -0.2) is 0 Å². The third kappa shape index (κ3) is 10.5. The number of carbonyl (C=O) groups excluding carboxylic acids is 1. The maximum Gasteiger partial charge on any atom is 0.188 e.